The first-order valence-corrected chi connectivity index (χ1v) is 12.2. The Bertz CT molecular complexity index is 1100. The minimum atomic E-state index is -1.55. The predicted molar refractivity (Wildman–Crippen MR) is 136 cm³/mol. The molecule has 0 aliphatic carbocycles. The lowest BCUT2D eigenvalue weighted by Crippen LogP contribution is -2.51. The maximum atomic E-state index is 12.3. The van der Waals surface area contributed by atoms with E-state index in [1.165, 1.54) is 11.3 Å². The third kappa shape index (κ3) is 8.32. The zero-order valence-electron chi connectivity index (χ0n) is 19.2. The summed E-state index contributed by atoms with van der Waals surface area (Å²) in [6, 6.07) is 18.9. The lowest BCUT2D eigenvalue weighted by atomic mass is 10.00. The number of carbonyl (C=O) groups is 3. The Morgan fingerprint density at radius 1 is 0.857 bits per heavy atom. The number of carbonyl (C=O) groups excluding carboxylic acids is 3. The molecule has 9 heteroatoms. The van der Waals surface area contributed by atoms with Crippen molar-refractivity contribution in [3.63, 3.8) is 0 Å². The van der Waals surface area contributed by atoms with Crippen LogP contribution in [0.2, 0.25) is 0 Å². The summed E-state index contributed by atoms with van der Waals surface area (Å²) in [6.45, 7) is 0.268. The third-order valence-electron chi connectivity index (χ3n) is 5.59. The van der Waals surface area contributed by atoms with Crippen molar-refractivity contribution < 1.29 is 19.5 Å². The number of hydrogen-bond acceptors (Lipinski definition) is 6. The zero-order valence-corrected chi connectivity index (χ0v) is 20.0. The smallest absolute Gasteiger partial charge is 0.246 e. The summed E-state index contributed by atoms with van der Waals surface area (Å²) < 4.78 is 0. The van der Waals surface area contributed by atoms with Crippen LogP contribution in [-0.2, 0) is 27.2 Å². The first-order valence-electron chi connectivity index (χ1n) is 11.3. The molecule has 3 aromatic rings. The number of rotatable bonds is 13. The van der Waals surface area contributed by atoms with E-state index >= 15 is 0 Å². The molecule has 0 bridgehead atoms. The number of amides is 3. The van der Waals surface area contributed by atoms with Gasteiger partial charge in [0.1, 0.15) is 6.10 Å². The van der Waals surface area contributed by atoms with Gasteiger partial charge in [-0.05, 0) is 51.9 Å². The number of nitrogens with one attached hydrogen (secondary N) is 2. The molecule has 0 radical (unpaired) electrons. The molecule has 0 aliphatic rings. The SMILES string of the molecule is NC(=O)[C@H](O)CC(=O)N[C@@H](CN[C@@H](Cc1ccc(-c2ccccc2)cc1)C(N)=O)Cc1ccsc1. The molecular formula is C26H30N4O4S. The average molecular weight is 495 g/mol. The number of hydrogen-bond donors (Lipinski definition) is 5. The fourth-order valence-corrected chi connectivity index (χ4v) is 4.37. The van der Waals surface area contributed by atoms with Gasteiger partial charge in [-0.2, -0.15) is 11.3 Å². The number of aliphatic hydroxyl groups is 1. The Morgan fingerprint density at radius 3 is 2.14 bits per heavy atom. The van der Waals surface area contributed by atoms with Gasteiger partial charge in [0.15, 0.2) is 0 Å². The third-order valence-corrected chi connectivity index (χ3v) is 6.32. The largest absolute Gasteiger partial charge is 0.383 e. The molecule has 0 unspecified atom stereocenters. The van der Waals surface area contributed by atoms with Gasteiger partial charge in [0.05, 0.1) is 12.5 Å². The standard InChI is InChI=1S/C26H30N4O4S/c27-25(33)22(13-17-6-8-20(9-7-17)19-4-2-1-3-5-19)29-15-21(12-18-10-11-35-16-18)30-24(32)14-23(31)26(28)34/h1-11,16,21-23,29,31H,12-15H2,(H2,27,33)(H2,28,34)(H,30,32)/t21-,22+,23-/m1/s1. The molecule has 3 atom stereocenters. The number of aliphatic hydroxyl groups excluding tert-OH is 1. The van der Waals surface area contributed by atoms with Crippen molar-refractivity contribution in [2.75, 3.05) is 6.54 Å². The van der Waals surface area contributed by atoms with Gasteiger partial charge in [-0.15, -0.1) is 0 Å². The minimum absolute atomic E-state index is 0.268. The summed E-state index contributed by atoms with van der Waals surface area (Å²) in [5.74, 6) is -1.97. The predicted octanol–water partition coefficient (Wildman–Crippen LogP) is 1.36. The molecule has 2 aromatic carbocycles. The minimum Gasteiger partial charge on any atom is -0.383 e. The number of thiophene rings is 1. The van der Waals surface area contributed by atoms with Gasteiger partial charge >= 0.3 is 0 Å². The van der Waals surface area contributed by atoms with E-state index in [2.05, 4.69) is 10.6 Å². The lowest BCUT2D eigenvalue weighted by molar-refractivity contribution is -0.132. The summed E-state index contributed by atoms with van der Waals surface area (Å²) in [5.41, 5.74) is 14.9. The normalized spacial score (nSPS) is 13.5. The van der Waals surface area contributed by atoms with Gasteiger partial charge in [-0.3, -0.25) is 14.4 Å². The van der Waals surface area contributed by atoms with Crippen LogP contribution >= 0.6 is 11.3 Å². The van der Waals surface area contributed by atoms with Gasteiger partial charge in [0, 0.05) is 12.6 Å². The molecular weight excluding hydrogens is 464 g/mol. The van der Waals surface area contributed by atoms with Gasteiger partial charge < -0.3 is 27.2 Å². The van der Waals surface area contributed by atoms with Gasteiger partial charge in [0.25, 0.3) is 0 Å². The van der Waals surface area contributed by atoms with Gasteiger partial charge in [-0.25, -0.2) is 0 Å². The van der Waals surface area contributed by atoms with Gasteiger partial charge in [-0.1, -0.05) is 54.6 Å². The van der Waals surface area contributed by atoms with Crippen LogP contribution in [0.25, 0.3) is 11.1 Å². The van der Waals surface area contributed by atoms with Crippen LogP contribution in [0, 0.1) is 0 Å². The maximum absolute atomic E-state index is 12.3. The van der Waals surface area contributed by atoms with Crippen LogP contribution in [-0.4, -0.2) is 47.6 Å². The van der Waals surface area contributed by atoms with Crippen molar-refractivity contribution >= 4 is 29.1 Å². The van der Waals surface area contributed by atoms with Crippen molar-refractivity contribution in [1.29, 1.82) is 0 Å². The van der Waals surface area contributed by atoms with E-state index in [4.69, 9.17) is 11.5 Å². The van der Waals surface area contributed by atoms with E-state index in [-0.39, 0.29) is 12.6 Å². The van der Waals surface area contributed by atoms with Crippen LogP contribution in [0.5, 0.6) is 0 Å². The van der Waals surface area contributed by atoms with Crippen LogP contribution in [0.1, 0.15) is 17.5 Å². The fourth-order valence-electron chi connectivity index (χ4n) is 3.69. The molecule has 1 aromatic heterocycles. The highest BCUT2D eigenvalue weighted by Gasteiger charge is 2.22. The maximum Gasteiger partial charge on any atom is 0.246 e. The first-order chi connectivity index (χ1) is 16.8. The zero-order chi connectivity index (χ0) is 25.2. The quantitative estimate of drug-likeness (QED) is 0.243. The van der Waals surface area contributed by atoms with E-state index in [1.807, 2.05) is 71.4 Å². The topological polar surface area (TPSA) is 148 Å². The van der Waals surface area contributed by atoms with Crippen molar-refractivity contribution in [1.82, 2.24) is 10.6 Å². The van der Waals surface area contributed by atoms with Crippen LogP contribution in [0.3, 0.4) is 0 Å². The summed E-state index contributed by atoms with van der Waals surface area (Å²) in [5, 5.41) is 19.5. The molecule has 0 saturated carbocycles. The van der Waals surface area contributed by atoms with E-state index in [1.54, 1.807) is 0 Å². The average Bonchev–Trinajstić information content (AvgIpc) is 3.35. The molecule has 7 N–H and O–H groups in total. The Hall–Kier alpha value is -3.53. The first kappa shape index (κ1) is 26.1. The summed E-state index contributed by atoms with van der Waals surface area (Å²) in [7, 11) is 0. The molecule has 3 amide bonds. The second-order valence-corrected chi connectivity index (χ2v) is 9.13. The molecule has 0 aliphatic heterocycles. The molecule has 184 valence electrons. The van der Waals surface area contributed by atoms with Gasteiger partial charge in [0.2, 0.25) is 17.7 Å². The second-order valence-electron chi connectivity index (χ2n) is 8.35. The van der Waals surface area contributed by atoms with E-state index in [0.29, 0.717) is 12.8 Å². The van der Waals surface area contributed by atoms with Crippen LogP contribution < -0.4 is 22.1 Å². The van der Waals surface area contributed by atoms with Crippen molar-refractivity contribution in [2.24, 2.45) is 11.5 Å². The number of benzene rings is 2. The van der Waals surface area contributed by atoms with Crippen LogP contribution in [0.15, 0.2) is 71.4 Å². The van der Waals surface area contributed by atoms with Crippen molar-refractivity contribution in [2.45, 2.75) is 37.5 Å². The molecule has 8 nitrogen and oxygen atoms in total. The highest BCUT2D eigenvalue weighted by molar-refractivity contribution is 7.07. The van der Waals surface area contributed by atoms with E-state index in [0.717, 1.165) is 22.3 Å². The number of nitrogens with two attached hydrogens (primary N) is 2. The lowest BCUT2D eigenvalue weighted by Gasteiger charge is -2.23. The molecule has 35 heavy (non-hydrogen) atoms. The second kappa shape index (κ2) is 12.8. The summed E-state index contributed by atoms with van der Waals surface area (Å²) in [6.07, 6.45) is -1.08. The number of primary amides is 2. The highest BCUT2D eigenvalue weighted by Crippen LogP contribution is 2.19. The highest BCUT2D eigenvalue weighted by atomic mass is 32.1. The van der Waals surface area contributed by atoms with Crippen molar-refractivity contribution in [3.05, 3.63) is 82.6 Å². The van der Waals surface area contributed by atoms with Crippen LogP contribution in [0.4, 0.5) is 0 Å². The molecule has 3 rings (SSSR count). The van der Waals surface area contributed by atoms with Crippen molar-refractivity contribution in [3.8, 4) is 11.1 Å². The monoisotopic (exact) mass is 494 g/mol. The Labute approximate surface area is 208 Å². The Balaban J connectivity index is 1.63. The van der Waals surface area contributed by atoms with E-state index < -0.39 is 36.3 Å². The molecule has 1 heterocycles. The molecule has 0 spiro atoms. The fraction of sp³-hybridized carbons (Fsp3) is 0.269. The summed E-state index contributed by atoms with van der Waals surface area (Å²) in [4.78, 5) is 35.5. The Kier molecular flexibility index (Phi) is 9.54. The van der Waals surface area contributed by atoms with E-state index in [9.17, 15) is 19.5 Å². The summed E-state index contributed by atoms with van der Waals surface area (Å²) >= 11 is 1.54. The molecule has 0 fully saturated rings. The molecule has 0 saturated heterocycles. The Morgan fingerprint density at radius 2 is 1.54 bits per heavy atom.